The Kier molecular flexibility index (Phi) is 2.88. The fraction of sp³-hybridized carbons (Fsp3) is 0.333. The van der Waals surface area contributed by atoms with Crippen LogP contribution < -0.4 is 5.46 Å². The summed E-state index contributed by atoms with van der Waals surface area (Å²) >= 11 is 0. The van der Waals surface area contributed by atoms with E-state index in [1.165, 1.54) is 16.8 Å². The molecule has 6 heteroatoms. The summed E-state index contributed by atoms with van der Waals surface area (Å²) in [6, 6.07) is 1.23. The van der Waals surface area contributed by atoms with Crippen molar-refractivity contribution in [2.75, 3.05) is 0 Å². The van der Waals surface area contributed by atoms with Crippen LogP contribution in [-0.2, 0) is 4.74 Å². The molecule has 0 atom stereocenters. The van der Waals surface area contributed by atoms with Gasteiger partial charge in [-0.3, -0.25) is 0 Å². The van der Waals surface area contributed by atoms with Crippen molar-refractivity contribution in [3.63, 3.8) is 0 Å². The van der Waals surface area contributed by atoms with Crippen LogP contribution in [0.2, 0.25) is 0 Å². The van der Waals surface area contributed by atoms with E-state index in [4.69, 9.17) is 12.6 Å². The number of nitrogens with zero attached hydrogens (tertiary/aromatic N) is 2. The third-order valence-corrected chi connectivity index (χ3v) is 2.23. The average Bonchev–Trinajstić information content (AvgIpc) is 2.54. The SMILES string of the molecule is [B]c1cn(C(=O)OC(C)(C)C)c2ncc(F)cc12. The summed E-state index contributed by atoms with van der Waals surface area (Å²) in [4.78, 5) is 15.8. The number of hydrogen-bond donors (Lipinski definition) is 0. The van der Waals surface area contributed by atoms with Gasteiger partial charge in [0, 0.05) is 11.6 Å². The summed E-state index contributed by atoms with van der Waals surface area (Å²) in [5.41, 5.74) is -0.0614. The molecule has 0 bridgehead atoms. The van der Waals surface area contributed by atoms with Crippen LogP contribution in [0.3, 0.4) is 0 Å². The maximum Gasteiger partial charge on any atom is 0.420 e. The highest BCUT2D eigenvalue weighted by Crippen LogP contribution is 2.15. The Balaban J connectivity index is 2.49. The minimum Gasteiger partial charge on any atom is -0.443 e. The lowest BCUT2D eigenvalue weighted by atomic mass is 9.97. The van der Waals surface area contributed by atoms with Gasteiger partial charge in [0.25, 0.3) is 0 Å². The monoisotopic (exact) mass is 246 g/mol. The Labute approximate surface area is 105 Å². The van der Waals surface area contributed by atoms with Crippen molar-refractivity contribution >= 4 is 30.4 Å². The number of rotatable bonds is 0. The van der Waals surface area contributed by atoms with Gasteiger partial charge in [0.05, 0.1) is 6.20 Å². The number of halogens is 1. The van der Waals surface area contributed by atoms with Crippen molar-refractivity contribution in [2.24, 2.45) is 0 Å². The van der Waals surface area contributed by atoms with E-state index in [0.29, 0.717) is 5.39 Å². The smallest absolute Gasteiger partial charge is 0.420 e. The fourth-order valence-electron chi connectivity index (χ4n) is 1.56. The summed E-state index contributed by atoms with van der Waals surface area (Å²) in [7, 11) is 5.71. The predicted molar refractivity (Wildman–Crippen MR) is 66.7 cm³/mol. The van der Waals surface area contributed by atoms with E-state index in [0.717, 1.165) is 6.20 Å². The van der Waals surface area contributed by atoms with E-state index >= 15 is 0 Å². The van der Waals surface area contributed by atoms with Gasteiger partial charge in [0.15, 0.2) is 0 Å². The Morgan fingerprint density at radius 2 is 2.17 bits per heavy atom. The molecule has 92 valence electrons. The van der Waals surface area contributed by atoms with Crippen molar-refractivity contribution in [3.05, 3.63) is 24.3 Å². The molecule has 0 aromatic carbocycles. The van der Waals surface area contributed by atoms with Gasteiger partial charge in [0.2, 0.25) is 0 Å². The van der Waals surface area contributed by atoms with Crippen LogP contribution in [0.1, 0.15) is 20.8 Å². The van der Waals surface area contributed by atoms with E-state index in [-0.39, 0.29) is 11.1 Å². The second kappa shape index (κ2) is 4.12. The van der Waals surface area contributed by atoms with E-state index < -0.39 is 17.5 Å². The Bertz CT molecular complexity index is 616. The molecule has 2 rings (SSSR count). The first-order valence-electron chi connectivity index (χ1n) is 5.43. The Hall–Kier alpha value is -1.85. The van der Waals surface area contributed by atoms with Crippen molar-refractivity contribution in [1.29, 1.82) is 0 Å². The standard InChI is InChI=1S/C12H12BFN2O2/c1-12(2,3)18-11(17)16-6-9(13)8-4-7(14)5-15-10(8)16/h4-6H,1-3H3. The third kappa shape index (κ3) is 2.37. The topological polar surface area (TPSA) is 44.1 Å². The molecule has 0 aliphatic carbocycles. The average molecular weight is 246 g/mol. The van der Waals surface area contributed by atoms with Crippen LogP contribution in [0.4, 0.5) is 9.18 Å². The predicted octanol–water partition coefficient (Wildman–Crippen LogP) is 1.75. The quantitative estimate of drug-likeness (QED) is 0.665. The van der Waals surface area contributed by atoms with Crippen molar-refractivity contribution < 1.29 is 13.9 Å². The van der Waals surface area contributed by atoms with E-state index in [1.54, 1.807) is 20.8 Å². The molecule has 0 fully saturated rings. The largest absolute Gasteiger partial charge is 0.443 e. The second-order valence-electron chi connectivity index (χ2n) is 4.96. The highest BCUT2D eigenvalue weighted by Gasteiger charge is 2.20. The number of carbonyl (C=O) groups is 1. The van der Waals surface area contributed by atoms with E-state index in [1.807, 2.05) is 0 Å². The molecule has 2 aromatic heterocycles. The molecule has 18 heavy (non-hydrogen) atoms. The minimum absolute atomic E-state index is 0.280. The molecular formula is C12H12BFN2O2. The van der Waals surface area contributed by atoms with Gasteiger partial charge in [-0.15, -0.1) is 0 Å². The molecule has 4 nitrogen and oxygen atoms in total. The van der Waals surface area contributed by atoms with E-state index in [2.05, 4.69) is 4.98 Å². The Morgan fingerprint density at radius 1 is 1.50 bits per heavy atom. The van der Waals surface area contributed by atoms with Gasteiger partial charge < -0.3 is 4.74 Å². The van der Waals surface area contributed by atoms with Gasteiger partial charge >= 0.3 is 6.09 Å². The number of ether oxygens (including phenoxy) is 1. The third-order valence-electron chi connectivity index (χ3n) is 2.23. The molecule has 0 saturated heterocycles. The zero-order valence-corrected chi connectivity index (χ0v) is 10.4. The molecule has 0 unspecified atom stereocenters. The van der Waals surface area contributed by atoms with Gasteiger partial charge in [-0.1, -0.05) is 5.46 Å². The normalized spacial score (nSPS) is 11.8. The van der Waals surface area contributed by atoms with Crippen LogP contribution in [0.25, 0.3) is 11.0 Å². The number of carbonyl (C=O) groups excluding carboxylic acids is 1. The summed E-state index contributed by atoms with van der Waals surface area (Å²) in [6.07, 6.45) is 1.82. The Morgan fingerprint density at radius 3 is 2.78 bits per heavy atom. The lowest BCUT2D eigenvalue weighted by Gasteiger charge is -2.19. The molecule has 0 N–H and O–H groups in total. The zero-order valence-electron chi connectivity index (χ0n) is 10.4. The van der Waals surface area contributed by atoms with Crippen molar-refractivity contribution in [2.45, 2.75) is 26.4 Å². The van der Waals surface area contributed by atoms with Crippen LogP contribution in [-0.4, -0.2) is 29.1 Å². The molecule has 0 amide bonds. The molecule has 0 saturated carbocycles. The summed E-state index contributed by atoms with van der Waals surface area (Å²) in [5.74, 6) is -0.504. The maximum absolute atomic E-state index is 13.1. The van der Waals surface area contributed by atoms with Crippen molar-refractivity contribution in [3.8, 4) is 0 Å². The molecule has 2 aromatic rings. The molecule has 0 aliphatic rings. The highest BCUT2D eigenvalue weighted by atomic mass is 19.1. The van der Waals surface area contributed by atoms with Gasteiger partial charge in [-0.05, 0) is 26.8 Å². The van der Waals surface area contributed by atoms with Crippen LogP contribution >= 0.6 is 0 Å². The summed E-state index contributed by atoms with van der Waals surface area (Å²) < 4.78 is 19.4. The lowest BCUT2D eigenvalue weighted by Crippen LogP contribution is -2.27. The summed E-state index contributed by atoms with van der Waals surface area (Å²) in [6.45, 7) is 5.27. The summed E-state index contributed by atoms with van der Waals surface area (Å²) in [5, 5.41) is 0.390. The zero-order chi connectivity index (χ0) is 13.5. The van der Waals surface area contributed by atoms with Crippen LogP contribution in [0.15, 0.2) is 18.5 Å². The molecule has 0 spiro atoms. The second-order valence-corrected chi connectivity index (χ2v) is 4.96. The molecule has 2 radical (unpaired) electrons. The maximum atomic E-state index is 13.1. The fourth-order valence-corrected chi connectivity index (χ4v) is 1.56. The van der Waals surface area contributed by atoms with Gasteiger partial charge in [-0.25, -0.2) is 18.7 Å². The van der Waals surface area contributed by atoms with Crippen molar-refractivity contribution in [1.82, 2.24) is 9.55 Å². The number of aromatic nitrogens is 2. The van der Waals surface area contributed by atoms with Crippen LogP contribution in [0.5, 0.6) is 0 Å². The lowest BCUT2D eigenvalue weighted by molar-refractivity contribution is 0.0544. The molecule has 2 heterocycles. The van der Waals surface area contributed by atoms with Gasteiger partial charge in [-0.2, -0.15) is 0 Å². The minimum atomic E-state index is -0.623. The number of fused-ring (bicyclic) bond motifs is 1. The first-order valence-corrected chi connectivity index (χ1v) is 5.43. The van der Waals surface area contributed by atoms with E-state index in [9.17, 15) is 9.18 Å². The van der Waals surface area contributed by atoms with Gasteiger partial charge in [0.1, 0.15) is 24.9 Å². The number of pyridine rings is 1. The van der Waals surface area contributed by atoms with Crippen LogP contribution in [0, 0.1) is 5.82 Å². The highest BCUT2D eigenvalue weighted by molar-refractivity contribution is 6.39. The molecular weight excluding hydrogens is 234 g/mol. The number of hydrogen-bond acceptors (Lipinski definition) is 3. The molecule has 0 aliphatic heterocycles. The first kappa shape index (κ1) is 12.6. The first-order chi connectivity index (χ1) is 8.28.